The fraction of sp³-hybridized carbons (Fsp3) is 0.714. The molecule has 0 aromatic carbocycles. The summed E-state index contributed by atoms with van der Waals surface area (Å²) in [5.41, 5.74) is 0. The molecule has 0 fully saturated rings. The molecule has 0 heterocycles. The van der Waals surface area contributed by atoms with Gasteiger partial charge in [0.05, 0.1) is 20.6 Å². The number of halogens is 2. The lowest BCUT2D eigenvalue weighted by Gasteiger charge is -2.24. The second-order valence-corrected chi connectivity index (χ2v) is 2.86. The van der Waals surface area contributed by atoms with Gasteiger partial charge < -0.3 is 28.5 Å². The summed E-state index contributed by atoms with van der Waals surface area (Å²) in [6, 6.07) is 0. The minimum Gasteiger partial charge on any atom is -1.00 e. The summed E-state index contributed by atoms with van der Waals surface area (Å²) < 4.78 is 12.5. The number of rotatable bonds is 4. The van der Waals surface area contributed by atoms with Crippen LogP contribution in [-0.2, 0) is 0 Å². The van der Waals surface area contributed by atoms with E-state index in [0.29, 0.717) is 4.48 Å². The van der Waals surface area contributed by atoms with Gasteiger partial charge in [-0.15, -0.1) is 6.58 Å². The highest BCUT2D eigenvalue weighted by molar-refractivity contribution is 4.64. The maximum absolute atomic E-state index is 12.0. The van der Waals surface area contributed by atoms with Crippen molar-refractivity contribution in [2.24, 2.45) is 0 Å². The molecule has 0 atom stereocenters. The van der Waals surface area contributed by atoms with Crippen molar-refractivity contribution in [3.8, 4) is 0 Å². The van der Waals surface area contributed by atoms with Crippen LogP contribution in [0.5, 0.6) is 0 Å². The van der Waals surface area contributed by atoms with E-state index >= 15 is 0 Å². The van der Waals surface area contributed by atoms with Crippen LogP contribution in [0.3, 0.4) is 0 Å². The zero-order valence-corrected chi connectivity index (χ0v) is 8.77. The summed E-state index contributed by atoms with van der Waals surface area (Å²) in [4.78, 5) is 0. The first-order valence-corrected chi connectivity index (χ1v) is 3.11. The second kappa shape index (κ2) is 6.09. The van der Waals surface area contributed by atoms with Crippen molar-refractivity contribution in [2.45, 2.75) is 6.42 Å². The average Bonchev–Trinajstić information content (AvgIpc) is 1.84. The first kappa shape index (κ1) is 13.0. The van der Waals surface area contributed by atoms with Gasteiger partial charge in [-0.3, -0.25) is 0 Å². The molecule has 0 aromatic heterocycles. The molecular weight excluding hydrogens is 244 g/mol. The third-order valence-electron chi connectivity index (χ3n) is 1.26. The largest absolute Gasteiger partial charge is 1.00 e. The van der Waals surface area contributed by atoms with Crippen molar-refractivity contribution in [3.63, 3.8) is 0 Å². The molecule has 0 saturated heterocycles. The third-order valence-corrected chi connectivity index (χ3v) is 1.26. The minimum atomic E-state index is -0.298. The number of hydrogen-bond donors (Lipinski definition) is 0. The van der Waals surface area contributed by atoms with Gasteiger partial charge in [0.1, 0.15) is 0 Å². The molecule has 10 heavy (non-hydrogen) atoms. The van der Waals surface area contributed by atoms with Gasteiger partial charge in [-0.05, 0) is 0 Å². The van der Waals surface area contributed by atoms with Crippen LogP contribution >= 0.6 is 0 Å². The molecule has 1 nitrogen and oxygen atoms in total. The lowest BCUT2D eigenvalue weighted by molar-refractivity contribution is -0.902. The Morgan fingerprint density at radius 1 is 1.50 bits per heavy atom. The highest BCUT2D eigenvalue weighted by Crippen LogP contribution is 1.98. The fourth-order valence-corrected chi connectivity index (χ4v) is 0.501. The molecule has 0 saturated carbocycles. The lowest BCUT2D eigenvalue weighted by atomic mass is 10.4. The molecule has 3 heteroatoms. The van der Waals surface area contributed by atoms with Gasteiger partial charge in [0.2, 0.25) is 6.80 Å². The smallest absolute Gasteiger partial charge is 0.221 e. The molecule has 0 unspecified atom stereocenters. The molecule has 0 aromatic rings. The SMILES string of the molecule is C=CCC[N+](C)(C)CF.[I-]. The minimum absolute atomic E-state index is 0. The zero-order valence-electron chi connectivity index (χ0n) is 6.61. The number of alkyl halides is 1. The Kier molecular flexibility index (Phi) is 7.92. The Morgan fingerprint density at radius 3 is 2.30 bits per heavy atom. The molecule has 0 spiro atoms. The van der Waals surface area contributed by atoms with E-state index in [1.165, 1.54) is 0 Å². The Morgan fingerprint density at radius 2 is 2.00 bits per heavy atom. The van der Waals surface area contributed by atoms with E-state index in [0.717, 1.165) is 13.0 Å². The van der Waals surface area contributed by atoms with Gasteiger partial charge in [0.15, 0.2) is 0 Å². The Bertz CT molecular complexity index is 93.6. The molecule has 0 rings (SSSR count). The fourth-order valence-electron chi connectivity index (χ4n) is 0.501. The summed E-state index contributed by atoms with van der Waals surface area (Å²) in [5, 5.41) is 0. The van der Waals surface area contributed by atoms with E-state index in [4.69, 9.17) is 0 Å². The van der Waals surface area contributed by atoms with Crippen LogP contribution in [0.1, 0.15) is 6.42 Å². The molecule has 0 bridgehead atoms. The second-order valence-electron chi connectivity index (χ2n) is 2.86. The normalized spacial score (nSPS) is 10.3. The van der Waals surface area contributed by atoms with Crippen LogP contribution in [0, 0.1) is 0 Å². The molecule has 62 valence electrons. The Labute approximate surface area is 79.5 Å². The number of quaternary nitrogens is 1. The summed E-state index contributed by atoms with van der Waals surface area (Å²) >= 11 is 0. The van der Waals surface area contributed by atoms with Crippen molar-refractivity contribution in [1.82, 2.24) is 0 Å². The zero-order chi connectivity index (χ0) is 7.33. The summed E-state index contributed by atoms with van der Waals surface area (Å²) in [7, 11) is 3.73. The topological polar surface area (TPSA) is 0 Å². The highest BCUT2D eigenvalue weighted by atomic mass is 127. The first-order valence-electron chi connectivity index (χ1n) is 3.11. The van der Waals surface area contributed by atoms with Gasteiger partial charge >= 0.3 is 0 Å². The molecule has 0 aliphatic carbocycles. The van der Waals surface area contributed by atoms with E-state index in [-0.39, 0.29) is 30.8 Å². The van der Waals surface area contributed by atoms with Gasteiger partial charge in [0.25, 0.3) is 0 Å². The summed E-state index contributed by atoms with van der Waals surface area (Å²) in [6.45, 7) is 4.10. The van der Waals surface area contributed by atoms with E-state index in [1.54, 1.807) is 0 Å². The van der Waals surface area contributed by atoms with Crippen molar-refractivity contribution in [2.75, 3.05) is 27.4 Å². The van der Waals surface area contributed by atoms with Gasteiger partial charge in [-0.1, -0.05) is 6.08 Å². The number of nitrogens with zero attached hydrogens (tertiary/aromatic N) is 1. The third kappa shape index (κ3) is 6.48. The van der Waals surface area contributed by atoms with Crippen LogP contribution in [0.4, 0.5) is 4.39 Å². The van der Waals surface area contributed by atoms with Crippen LogP contribution in [0.2, 0.25) is 0 Å². The maximum Gasteiger partial charge on any atom is 0.221 e. The van der Waals surface area contributed by atoms with Crippen LogP contribution in [-0.4, -0.2) is 31.9 Å². The monoisotopic (exact) mass is 259 g/mol. The van der Waals surface area contributed by atoms with E-state index in [1.807, 2.05) is 20.2 Å². The standard InChI is InChI=1S/C7H15FN.HI/c1-4-5-6-9(2,3)7-8;/h4H,1,5-7H2,2-3H3;1H/q+1;/p-1. The average molecular weight is 259 g/mol. The Hall–Kier alpha value is 0.360. The van der Waals surface area contributed by atoms with Crippen molar-refractivity contribution in [1.29, 1.82) is 0 Å². The molecule has 0 aliphatic heterocycles. The summed E-state index contributed by atoms with van der Waals surface area (Å²) in [5.74, 6) is 0. The molecule has 0 radical (unpaired) electrons. The molecule has 0 amide bonds. The quantitative estimate of drug-likeness (QED) is 0.251. The van der Waals surface area contributed by atoms with Crippen molar-refractivity contribution >= 4 is 0 Å². The number of hydrogen-bond acceptors (Lipinski definition) is 0. The molecule has 0 N–H and O–H groups in total. The summed E-state index contributed by atoms with van der Waals surface area (Å²) in [6.07, 6.45) is 2.70. The van der Waals surface area contributed by atoms with E-state index in [2.05, 4.69) is 6.58 Å². The van der Waals surface area contributed by atoms with Crippen molar-refractivity contribution in [3.05, 3.63) is 12.7 Å². The van der Waals surface area contributed by atoms with Crippen LogP contribution in [0.15, 0.2) is 12.7 Å². The molecule has 0 aliphatic rings. The Balaban J connectivity index is 0. The first-order chi connectivity index (χ1) is 4.12. The van der Waals surface area contributed by atoms with E-state index in [9.17, 15) is 4.39 Å². The van der Waals surface area contributed by atoms with Crippen molar-refractivity contribution < 1.29 is 32.9 Å². The lowest BCUT2D eigenvalue weighted by Crippen LogP contribution is -3.00. The highest BCUT2D eigenvalue weighted by Gasteiger charge is 2.10. The van der Waals surface area contributed by atoms with Gasteiger partial charge in [-0.2, -0.15) is 4.39 Å². The van der Waals surface area contributed by atoms with Gasteiger partial charge in [-0.25, -0.2) is 0 Å². The van der Waals surface area contributed by atoms with E-state index < -0.39 is 0 Å². The maximum atomic E-state index is 12.0. The predicted molar refractivity (Wildman–Crippen MR) is 37.8 cm³/mol. The van der Waals surface area contributed by atoms with Crippen LogP contribution < -0.4 is 24.0 Å². The van der Waals surface area contributed by atoms with Crippen LogP contribution in [0.25, 0.3) is 0 Å². The molecular formula is C7H15FIN. The van der Waals surface area contributed by atoms with Gasteiger partial charge in [0, 0.05) is 6.42 Å². The predicted octanol–water partition coefficient (Wildman–Crippen LogP) is -1.43.